The van der Waals surface area contributed by atoms with E-state index in [0.29, 0.717) is 12.1 Å². The Kier molecular flexibility index (Phi) is 2.11. The van der Waals surface area contributed by atoms with Crippen molar-refractivity contribution in [3.63, 3.8) is 0 Å². The third-order valence-corrected chi connectivity index (χ3v) is 1.87. The fourth-order valence-electron chi connectivity index (χ4n) is 1.26. The van der Waals surface area contributed by atoms with Crippen molar-refractivity contribution in [3.05, 3.63) is 35.7 Å². The highest BCUT2D eigenvalue weighted by atomic mass is 19.1. The van der Waals surface area contributed by atoms with Crippen LogP contribution in [0.2, 0.25) is 0 Å². The highest BCUT2D eigenvalue weighted by Gasteiger charge is 2.15. The van der Waals surface area contributed by atoms with Crippen LogP contribution in [0.3, 0.4) is 0 Å². The lowest BCUT2D eigenvalue weighted by Crippen LogP contribution is -1.92. The summed E-state index contributed by atoms with van der Waals surface area (Å²) in [6.45, 7) is 0. The number of nitrogen functional groups attached to an aromatic ring is 1. The maximum atomic E-state index is 13.2. The predicted molar refractivity (Wildman–Crippen MR) is 48.3 cm³/mol. The second-order valence-electron chi connectivity index (χ2n) is 2.95. The second kappa shape index (κ2) is 3.30. The average molecular weight is 213 g/mol. The standard InChI is InChI=1S/C9H6F3N3/c10-4-1-5(11)9(6(12)2-4)7-3-8(13)15-14-7/h1-3H,(H3,13,14,15). The first-order valence-electron chi connectivity index (χ1n) is 4.03. The summed E-state index contributed by atoms with van der Waals surface area (Å²) in [4.78, 5) is 0. The number of anilines is 1. The molecule has 3 nitrogen and oxygen atoms in total. The van der Waals surface area contributed by atoms with Crippen LogP contribution in [0.25, 0.3) is 11.3 Å². The molecule has 0 aliphatic rings. The Balaban J connectivity index is 2.62. The first-order valence-corrected chi connectivity index (χ1v) is 4.03. The third-order valence-electron chi connectivity index (χ3n) is 1.87. The Morgan fingerprint density at radius 2 is 1.67 bits per heavy atom. The van der Waals surface area contributed by atoms with E-state index in [0.717, 1.165) is 0 Å². The molecule has 15 heavy (non-hydrogen) atoms. The van der Waals surface area contributed by atoms with Crippen molar-refractivity contribution in [3.8, 4) is 11.3 Å². The lowest BCUT2D eigenvalue weighted by molar-refractivity contribution is 0.547. The first-order chi connectivity index (χ1) is 7.08. The van der Waals surface area contributed by atoms with Gasteiger partial charge in [0.15, 0.2) is 0 Å². The van der Waals surface area contributed by atoms with Crippen LogP contribution in [-0.2, 0) is 0 Å². The highest BCUT2D eigenvalue weighted by Crippen LogP contribution is 2.26. The first kappa shape index (κ1) is 9.57. The number of hydrogen-bond acceptors (Lipinski definition) is 2. The van der Waals surface area contributed by atoms with E-state index in [-0.39, 0.29) is 17.1 Å². The highest BCUT2D eigenvalue weighted by molar-refractivity contribution is 5.63. The number of aromatic amines is 1. The van der Waals surface area contributed by atoms with Crippen molar-refractivity contribution < 1.29 is 13.2 Å². The van der Waals surface area contributed by atoms with Crippen LogP contribution >= 0.6 is 0 Å². The molecule has 1 heterocycles. The Morgan fingerprint density at radius 1 is 1.07 bits per heavy atom. The van der Waals surface area contributed by atoms with Crippen LogP contribution in [0.4, 0.5) is 19.0 Å². The molecule has 0 saturated heterocycles. The third kappa shape index (κ3) is 1.65. The Hall–Kier alpha value is -1.98. The molecule has 78 valence electrons. The van der Waals surface area contributed by atoms with E-state index < -0.39 is 17.5 Å². The van der Waals surface area contributed by atoms with E-state index in [1.165, 1.54) is 6.07 Å². The topological polar surface area (TPSA) is 54.7 Å². The number of benzene rings is 1. The Morgan fingerprint density at radius 3 is 2.13 bits per heavy atom. The van der Waals surface area contributed by atoms with Gasteiger partial charge in [-0.1, -0.05) is 0 Å². The van der Waals surface area contributed by atoms with Gasteiger partial charge < -0.3 is 5.73 Å². The summed E-state index contributed by atoms with van der Waals surface area (Å²) >= 11 is 0. The van der Waals surface area contributed by atoms with Crippen molar-refractivity contribution in [1.29, 1.82) is 0 Å². The molecule has 1 aromatic heterocycles. The number of rotatable bonds is 1. The van der Waals surface area contributed by atoms with Crippen molar-refractivity contribution in [1.82, 2.24) is 10.2 Å². The normalized spacial score (nSPS) is 10.6. The molecule has 0 radical (unpaired) electrons. The molecule has 6 heteroatoms. The molecule has 1 aromatic carbocycles. The lowest BCUT2D eigenvalue weighted by Gasteiger charge is -2.01. The number of nitrogens with one attached hydrogen (secondary N) is 1. The van der Waals surface area contributed by atoms with Crippen LogP contribution in [0.5, 0.6) is 0 Å². The van der Waals surface area contributed by atoms with Crippen molar-refractivity contribution in [2.45, 2.75) is 0 Å². The SMILES string of the molecule is Nc1cc(-c2c(F)cc(F)cc2F)[nH]n1. The zero-order valence-corrected chi connectivity index (χ0v) is 7.39. The minimum Gasteiger partial charge on any atom is -0.382 e. The van der Waals surface area contributed by atoms with Gasteiger partial charge in [0.2, 0.25) is 0 Å². The van der Waals surface area contributed by atoms with E-state index >= 15 is 0 Å². The minimum atomic E-state index is -1.00. The van der Waals surface area contributed by atoms with Gasteiger partial charge >= 0.3 is 0 Å². The Bertz CT molecular complexity index is 484. The van der Waals surface area contributed by atoms with Gasteiger partial charge in [-0.15, -0.1) is 0 Å². The predicted octanol–water partition coefficient (Wildman–Crippen LogP) is 2.08. The summed E-state index contributed by atoms with van der Waals surface area (Å²) in [5, 5.41) is 5.87. The number of nitrogens with two attached hydrogens (primary N) is 1. The van der Waals surface area contributed by atoms with E-state index in [1.54, 1.807) is 0 Å². The van der Waals surface area contributed by atoms with Gasteiger partial charge in [-0.25, -0.2) is 13.2 Å². The van der Waals surface area contributed by atoms with Gasteiger partial charge in [0.25, 0.3) is 0 Å². The fourth-order valence-corrected chi connectivity index (χ4v) is 1.26. The number of aromatic nitrogens is 2. The number of nitrogens with zero attached hydrogens (tertiary/aromatic N) is 1. The molecular weight excluding hydrogens is 207 g/mol. The van der Waals surface area contributed by atoms with E-state index in [1.807, 2.05) is 0 Å². The van der Waals surface area contributed by atoms with E-state index in [2.05, 4.69) is 10.2 Å². The molecule has 0 fully saturated rings. The minimum absolute atomic E-state index is 0.0718. The summed E-state index contributed by atoms with van der Waals surface area (Å²) < 4.78 is 39.1. The summed E-state index contributed by atoms with van der Waals surface area (Å²) in [7, 11) is 0. The van der Waals surface area contributed by atoms with Crippen LogP contribution in [0.1, 0.15) is 0 Å². The molecule has 2 rings (SSSR count). The van der Waals surface area contributed by atoms with E-state index in [4.69, 9.17) is 5.73 Å². The molecule has 2 aromatic rings. The van der Waals surface area contributed by atoms with Gasteiger partial charge in [0.1, 0.15) is 23.3 Å². The number of hydrogen-bond donors (Lipinski definition) is 2. The zero-order valence-electron chi connectivity index (χ0n) is 7.39. The van der Waals surface area contributed by atoms with Gasteiger partial charge in [0, 0.05) is 18.2 Å². The van der Waals surface area contributed by atoms with Crippen molar-refractivity contribution >= 4 is 5.82 Å². The summed E-state index contributed by atoms with van der Waals surface area (Å²) in [5.74, 6) is -2.87. The zero-order chi connectivity index (χ0) is 11.0. The van der Waals surface area contributed by atoms with Gasteiger partial charge in [-0.3, -0.25) is 5.10 Å². The molecular formula is C9H6F3N3. The molecule has 0 unspecified atom stereocenters. The maximum absolute atomic E-state index is 13.2. The van der Waals surface area contributed by atoms with Crippen molar-refractivity contribution in [2.24, 2.45) is 0 Å². The monoisotopic (exact) mass is 213 g/mol. The summed E-state index contributed by atoms with van der Waals surface area (Å²) in [6.07, 6.45) is 0. The molecule has 0 aliphatic carbocycles. The fraction of sp³-hybridized carbons (Fsp3) is 0. The molecule has 0 amide bonds. The van der Waals surface area contributed by atoms with Crippen molar-refractivity contribution in [2.75, 3.05) is 5.73 Å². The summed E-state index contributed by atoms with van der Waals surface area (Å²) in [6, 6.07) is 2.45. The summed E-state index contributed by atoms with van der Waals surface area (Å²) in [5.41, 5.74) is 4.98. The number of halogens is 3. The number of H-pyrrole nitrogens is 1. The largest absolute Gasteiger partial charge is 0.382 e. The smallest absolute Gasteiger partial charge is 0.145 e. The average Bonchev–Trinajstić information content (AvgIpc) is 2.49. The molecule has 3 N–H and O–H groups in total. The Labute approximate surface area is 82.7 Å². The van der Waals surface area contributed by atoms with Gasteiger partial charge in [-0.05, 0) is 0 Å². The lowest BCUT2D eigenvalue weighted by atomic mass is 10.1. The maximum Gasteiger partial charge on any atom is 0.145 e. The van der Waals surface area contributed by atoms with Crippen LogP contribution in [0, 0.1) is 17.5 Å². The molecule has 0 spiro atoms. The van der Waals surface area contributed by atoms with Gasteiger partial charge in [0.05, 0.1) is 11.3 Å². The van der Waals surface area contributed by atoms with E-state index in [9.17, 15) is 13.2 Å². The molecule has 0 atom stereocenters. The molecule has 0 aliphatic heterocycles. The van der Waals surface area contributed by atoms with Crippen LogP contribution < -0.4 is 5.73 Å². The van der Waals surface area contributed by atoms with Crippen LogP contribution in [-0.4, -0.2) is 10.2 Å². The van der Waals surface area contributed by atoms with Gasteiger partial charge in [-0.2, -0.15) is 5.10 Å². The quantitative estimate of drug-likeness (QED) is 0.761. The van der Waals surface area contributed by atoms with Crippen LogP contribution in [0.15, 0.2) is 18.2 Å². The molecule has 0 bridgehead atoms. The molecule has 0 saturated carbocycles. The second-order valence-corrected chi connectivity index (χ2v) is 2.95.